The molecule has 2 aromatic rings. The van der Waals surface area contributed by atoms with E-state index >= 15 is 0 Å². The van der Waals surface area contributed by atoms with Crippen molar-refractivity contribution in [3.63, 3.8) is 0 Å². The minimum Gasteiger partial charge on any atom is -0.497 e. The summed E-state index contributed by atoms with van der Waals surface area (Å²) in [7, 11) is 2.98. The molecule has 0 aliphatic carbocycles. The summed E-state index contributed by atoms with van der Waals surface area (Å²) < 4.78 is 10.5. The summed E-state index contributed by atoms with van der Waals surface area (Å²) in [5.41, 5.74) is 0.823. The lowest BCUT2D eigenvalue weighted by Crippen LogP contribution is -2.36. The van der Waals surface area contributed by atoms with Gasteiger partial charge in [-0.2, -0.15) is 0 Å². The molecule has 0 N–H and O–H groups in total. The molecular formula is C21H18N2O7. The van der Waals surface area contributed by atoms with Crippen LogP contribution in [-0.2, 0) is 14.4 Å². The number of amides is 3. The second-order valence-electron chi connectivity index (χ2n) is 6.80. The van der Waals surface area contributed by atoms with Gasteiger partial charge in [0, 0.05) is 19.0 Å². The molecule has 9 heteroatoms. The molecule has 3 amide bonds. The molecule has 0 radical (unpaired) electrons. The second-order valence-corrected chi connectivity index (χ2v) is 6.80. The van der Waals surface area contributed by atoms with Crippen molar-refractivity contribution in [3.8, 4) is 11.5 Å². The van der Waals surface area contributed by atoms with Crippen LogP contribution in [0.3, 0.4) is 0 Å². The molecule has 1 unspecified atom stereocenters. The van der Waals surface area contributed by atoms with Gasteiger partial charge in [-0.15, -0.1) is 0 Å². The average Bonchev–Trinajstić information content (AvgIpc) is 3.27. The first-order valence-corrected chi connectivity index (χ1v) is 9.16. The van der Waals surface area contributed by atoms with Gasteiger partial charge in [0.1, 0.15) is 11.5 Å². The number of anilines is 1. The summed E-state index contributed by atoms with van der Waals surface area (Å²) in [6.07, 6.45) is -0.114. The number of benzene rings is 2. The summed E-state index contributed by atoms with van der Waals surface area (Å²) in [4.78, 5) is 56.4. The fourth-order valence-electron chi connectivity index (χ4n) is 3.52. The number of carbonyl (C=O) groups is 4. The number of fused-ring (bicyclic) bond motifs is 1. The van der Waals surface area contributed by atoms with Gasteiger partial charge in [0.15, 0.2) is 0 Å². The van der Waals surface area contributed by atoms with Crippen molar-refractivity contribution in [2.45, 2.75) is 6.42 Å². The van der Waals surface area contributed by atoms with E-state index < -0.39 is 23.7 Å². The molecule has 4 rings (SSSR count). The number of imide groups is 1. The van der Waals surface area contributed by atoms with Crippen LogP contribution in [0.4, 0.5) is 5.69 Å². The summed E-state index contributed by atoms with van der Waals surface area (Å²) in [6, 6.07) is 11.2. The zero-order valence-electron chi connectivity index (χ0n) is 16.3. The number of hydroxylamine groups is 2. The summed E-state index contributed by atoms with van der Waals surface area (Å²) in [5, 5.41) is 0.452. The number of nitrogens with zero attached hydrogens (tertiary/aromatic N) is 2. The van der Waals surface area contributed by atoms with E-state index in [0.717, 1.165) is 0 Å². The van der Waals surface area contributed by atoms with Gasteiger partial charge in [0.05, 0.1) is 37.0 Å². The lowest BCUT2D eigenvalue weighted by Gasteiger charge is -2.20. The third-order valence-electron chi connectivity index (χ3n) is 5.07. The molecular weight excluding hydrogens is 392 g/mol. The van der Waals surface area contributed by atoms with Gasteiger partial charge in [-0.1, -0.05) is 17.2 Å². The van der Waals surface area contributed by atoms with Gasteiger partial charge in [-0.25, -0.2) is 4.79 Å². The molecule has 1 saturated heterocycles. The van der Waals surface area contributed by atoms with Crippen LogP contribution in [0.1, 0.15) is 27.1 Å². The normalized spacial score (nSPS) is 17.9. The van der Waals surface area contributed by atoms with Gasteiger partial charge in [-0.05, 0) is 24.3 Å². The SMILES string of the molecule is COc1ccc(N2CC(C(=O)ON3C(=O)c4ccccc4C3=O)CC2=O)c(OC)c1. The van der Waals surface area contributed by atoms with Crippen LogP contribution in [0, 0.1) is 5.92 Å². The van der Waals surface area contributed by atoms with E-state index in [1.165, 1.54) is 31.3 Å². The molecule has 0 aromatic heterocycles. The topological polar surface area (TPSA) is 102 Å². The molecule has 0 saturated carbocycles. The van der Waals surface area contributed by atoms with Crippen molar-refractivity contribution in [2.75, 3.05) is 25.7 Å². The van der Waals surface area contributed by atoms with Gasteiger partial charge in [0.2, 0.25) is 5.91 Å². The first-order valence-electron chi connectivity index (χ1n) is 9.16. The van der Waals surface area contributed by atoms with Crippen molar-refractivity contribution in [2.24, 2.45) is 5.92 Å². The first kappa shape index (κ1) is 19.4. The Kier molecular flexibility index (Phi) is 4.86. The Hall–Kier alpha value is -3.88. The predicted molar refractivity (Wildman–Crippen MR) is 103 cm³/mol. The highest BCUT2D eigenvalue weighted by molar-refractivity contribution is 6.21. The number of ether oxygens (including phenoxy) is 2. The molecule has 30 heavy (non-hydrogen) atoms. The minimum absolute atomic E-state index is 0.0313. The van der Waals surface area contributed by atoms with E-state index in [1.54, 1.807) is 30.3 Å². The Labute approximate surface area is 171 Å². The highest BCUT2D eigenvalue weighted by Crippen LogP contribution is 2.36. The summed E-state index contributed by atoms with van der Waals surface area (Å²) in [6.45, 7) is 0.0313. The Balaban J connectivity index is 1.49. The number of rotatable bonds is 5. The van der Waals surface area contributed by atoms with Crippen LogP contribution in [0.15, 0.2) is 42.5 Å². The predicted octanol–water partition coefficient (Wildman–Crippen LogP) is 1.81. The lowest BCUT2D eigenvalue weighted by molar-refractivity contribution is -0.173. The smallest absolute Gasteiger partial charge is 0.338 e. The third-order valence-corrected chi connectivity index (χ3v) is 5.07. The molecule has 0 spiro atoms. The highest BCUT2D eigenvalue weighted by Gasteiger charge is 2.43. The molecule has 2 heterocycles. The van der Waals surface area contributed by atoms with Crippen LogP contribution >= 0.6 is 0 Å². The first-order chi connectivity index (χ1) is 14.4. The summed E-state index contributed by atoms with van der Waals surface area (Å²) >= 11 is 0. The number of carbonyl (C=O) groups excluding carboxylic acids is 4. The van der Waals surface area contributed by atoms with Crippen molar-refractivity contribution in [1.82, 2.24) is 5.06 Å². The van der Waals surface area contributed by atoms with Crippen LogP contribution in [0.5, 0.6) is 11.5 Å². The van der Waals surface area contributed by atoms with E-state index in [9.17, 15) is 19.2 Å². The van der Waals surface area contributed by atoms with Crippen molar-refractivity contribution >= 4 is 29.4 Å². The molecule has 1 atom stereocenters. The molecule has 2 aliphatic rings. The Morgan fingerprint density at radius 2 is 1.63 bits per heavy atom. The van der Waals surface area contributed by atoms with E-state index in [1.807, 2.05) is 0 Å². The van der Waals surface area contributed by atoms with Crippen molar-refractivity contribution in [1.29, 1.82) is 0 Å². The molecule has 2 aromatic carbocycles. The summed E-state index contributed by atoms with van der Waals surface area (Å²) in [5.74, 6) is -2.41. The number of hydrogen-bond donors (Lipinski definition) is 0. The maximum atomic E-state index is 12.6. The zero-order valence-corrected chi connectivity index (χ0v) is 16.3. The molecule has 0 bridgehead atoms. The third kappa shape index (κ3) is 3.14. The van der Waals surface area contributed by atoms with Crippen LogP contribution in [0.2, 0.25) is 0 Å². The quantitative estimate of drug-likeness (QED) is 0.693. The average molecular weight is 410 g/mol. The van der Waals surface area contributed by atoms with E-state index in [2.05, 4.69) is 0 Å². The van der Waals surface area contributed by atoms with E-state index in [4.69, 9.17) is 14.3 Å². The highest BCUT2D eigenvalue weighted by atomic mass is 16.7. The fourth-order valence-corrected chi connectivity index (χ4v) is 3.52. The molecule has 2 aliphatic heterocycles. The van der Waals surface area contributed by atoms with E-state index in [0.29, 0.717) is 22.2 Å². The molecule has 1 fully saturated rings. The molecule has 9 nitrogen and oxygen atoms in total. The zero-order chi connectivity index (χ0) is 21.4. The fraction of sp³-hybridized carbons (Fsp3) is 0.238. The van der Waals surface area contributed by atoms with E-state index in [-0.39, 0.29) is 30.0 Å². The Morgan fingerprint density at radius 3 is 2.23 bits per heavy atom. The second kappa shape index (κ2) is 7.51. The standard InChI is InChI=1S/C21H18N2O7/c1-28-13-7-8-16(17(10-13)29-2)22-11-12(9-18(22)24)21(27)30-23-19(25)14-5-3-4-6-15(14)20(23)26/h3-8,10,12H,9,11H2,1-2H3. The molecule has 154 valence electrons. The lowest BCUT2D eigenvalue weighted by atomic mass is 10.1. The monoisotopic (exact) mass is 410 g/mol. The number of methoxy groups -OCH3 is 2. The van der Waals surface area contributed by atoms with Gasteiger partial charge in [0.25, 0.3) is 11.8 Å². The van der Waals surface area contributed by atoms with Crippen LogP contribution in [0.25, 0.3) is 0 Å². The van der Waals surface area contributed by atoms with Crippen LogP contribution < -0.4 is 14.4 Å². The Morgan fingerprint density at radius 1 is 0.967 bits per heavy atom. The van der Waals surface area contributed by atoms with Gasteiger partial charge >= 0.3 is 5.97 Å². The maximum absolute atomic E-state index is 12.6. The largest absolute Gasteiger partial charge is 0.497 e. The van der Waals surface area contributed by atoms with Gasteiger partial charge in [-0.3, -0.25) is 14.4 Å². The van der Waals surface area contributed by atoms with Gasteiger partial charge < -0.3 is 19.2 Å². The minimum atomic E-state index is -0.839. The Bertz CT molecular complexity index is 1030. The maximum Gasteiger partial charge on any atom is 0.338 e. The van der Waals surface area contributed by atoms with Crippen molar-refractivity contribution < 1.29 is 33.5 Å². The number of hydrogen-bond acceptors (Lipinski definition) is 7. The van der Waals surface area contributed by atoms with Crippen molar-refractivity contribution in [3.05, 3.63) is 53.6 Å². The van der Waals surface area contributed by atoms with Crippen LogP contribution in [-0.4, -0.2) is 49.5 Å².